The summed E-state index contributed by atoms with van der Waals surface area (Å²) in [6, 6.07) is 5.84. The van der Waals surface area contributed by atoms with Gasteiger partial charge in [-0.05, 0) is 24.2 Å². The molecule has 2 N–H and O–H groups in total. The van der Waals surface area contributed by atoms with Crippen LogP contribution in [-0.4, -0.2) is 20.7 Å². The molecular weight excluding hydrogens is 358 g/mol. The Morgan fingerprint density at radius 1 is 1.15 bits per heavy atom. The number of allylic oxidation sites excluding steroid dienone is 2. The van der Waals surface area contributed by atoms with Crippen LogP contribution in [0.5, 0.6) is 5.88 Å². The Hall–Kier alpha value is -3.07. The summed E-state index contributed by atoms with van der Waals surface area (Å²) in [7, 11) is 0. The summed E-state index contributed by atoms with van der Waals surface area (Å²) in [5.41, 5.74) is 0.789. The summed E-state index contributed by atoms with van der Waals surface area (Å²) in [4.78, 5) is 40.9. The highest BCUT2D eigenvalue weighted by molar-refractivity contribution is 7.71. The van der Waals surface area contributed by atoms with Crippen molar-refractivity contribution in [2.24, 2.45) is 0 Å². The third-order valence-corrected chi connectivity index (χ3v) is 4.80. The minimum Gasteiger partial charge on any atom is -0.444 e. The smallest absolute Gasteiger partial charge is 0.269 e. The Morgan fingerprint density at radius 3 is 2.58 bits per heavy atom. The van der Waals surface area contributed by atoms with Crippen LogP contribution in [0.4, 0.5) is 5.69 Å². The lowest BCUT2D eigenvalue weighted by Crippen LogP contribution is -2.31. The second-order valence-electron chi connectivity index (χ2n) is 6.15. The zero-order chi connectivity index (χ0) is 18.4. The van der Waals surface area contributed by atoms with Crippen molar-refractivity contribution in [3.05, 3.63) is 72.0 Å². The number of nitrogens with zero attached hydrogens (tertiary/aromatic N) is 1. The minimum atomic E-state index is -0.655. The lowest BCUT2D eigenvalue weighted by Gasteiger charge is -2.31. The molecule has 8 nitrogen and oxygen atoms in total. The molecule has 4 rings (SSSR count). The van der Waals surface area contributed by atoms with Crippen LogP contribution in [-0.2, 0) is 4.79 Å². The Morgan fingerprint density at radius 2 is 1.88 bits per heavy atom. The molecular formula is C17H13N3O5S. The van der Waals surface area contributed by atoms with Crippen molar-refractivity contribution in [2.75, 3.05) is 0 Å². The van der Waals surface area contributed by atoms with E-state index in [1.807, 2.05) is 0 Å². The molecule has 0 amide bonds. The molecule has 9 heteroatoms. The molecule has 1 atom stereocenters. The number of rotatable bonds is 2. The average Bonchev–Trinajstić information content (AvgIpc) is 2.60. The van der Waals surface area contributed by atoms with Crippen molar-refractivity contribution < 1.29 is 14.5 Å². The van der Waals surface area contributed by atoms with E-state index in [-0.39, 0.29) is 27.7 Å². The number of nitro groups is 1. The number of ketones is 1. The van der Waals surface area contributed by atoms with Gasteiger partial charge in [0.2, 0.25) is 5.88 Å². The molecule has 2 heterocycles. The molecule has 1 aliphatic heterocycles. The molecule has 26 heavy (non-hydrogen) atoms. The normalized spacial score (nSPS) is 18.8. The first-order chi connectivity index (χ1) is 12.5. The van der Waals surface area contributed by atoms with Crippen LogP contribution in [0.1, 0.15) is 36.3 Å². The number of non-ortho nitro benzene ring substituents is 1. The quantitative estimate of drug-likeness (QED) is 0.476. The Kier molecular flexibility index (Phi) is 3.80. The first kappa shape index (κ1) is 16.4. The van der Waals surface area contributed by atoms with E-state index in [9.17, 15) is 19.7 Å². The van der Waals surface area contributed by atoms with E-state index in [4.69, 9.17) is 17.0 Å². The molecule has 0 radical (unpaired) electrons. The Labute approximate surface area is 151 Å². The summed E-state index contributed by atoms with van der Waals surface area (Å²) in [6.07, 6.45) is 1.63. The fourth-order valence-electron chi connectivity index (χ4n) is 3.47. The molecule has 2 aromatic rings. The number of carbonyl (C=O) groups excluding carboxylic acids is 1. The van der Waals surface area contributed by atoms with Crippen molar-refractivity contribution in [2.45, 2.75) is 25.2 Å². The summed E-state index contributed by atoms with van der Waals surface area (Å²) in [5, 5.41) is 10.9. The number of benzene rings is 1. The number of fused-ring (bicyclic) bond motifs is 1. The highest BCUT2D eigenvalue weighted by atomic mass is 32.1. The van der Waals surface area contributed by atoms with Gasteiger partial charge in [-0.1, -0.05) is 12.1 Å². The van der Waals surface area contributed by atoms with Gasteiger partial charge in [-0.25, -0.2) is 0 Å². The van der Waals surface area contributed by atoms with Crippen molar-refractivity contribution >= 4 is 23.7 Å². The number of hydrogen-bond acceptors (Lipinski definition) is 6. The lowest BCUT2D eigenvalue weighted by atomic mass is 9.78. The van der Waals surface area contributed by atoms with Crippen molar-refractivity contribution in [1.29, 1.82) is 0 Å². The second kappa shape index (κ2) is 6.03. The van der Waals surface area contributed by atoms with Crippen LogP contribution >= 0.6 is 12.2 Å². The molecule has 1 aromatic carbocycles. The van der Waals surface area contributed by atoms with Gasteiger partial charge in [0.15, 0.2) is 10.6 Å². The number of carbonyl (C=O) groups is 1. The summed E-state index contributed by atoms with van der Waals surface area (Å²) in [5.74, 6) is 0.00367. The number of aromatic nitrogens is 2. The van der Waals surface area contributed by atoms with E-state index >= 15 is 0 Å². The number of ether oxygens (including phenoxy) is 1. The monoisotopic (exact) mass is 371 g/mol. The Bertz CT molecular complexity index is 1080. The Balaban J connectivity index is 1.96. The van der Waals surface area contributed by atoms with E-state index in [1.54, 1.807) is 12.1 Å². The standard InChI is InChI=1S/C17H13N3O5S/c21-10-2-1-3-11-13(10)12(8-4-6-9(7-5-8)20(23)24)14-15(22)18-17(26)19-16(14)25-11/h4-7,12H,1-3H2,(H2,18,19,22,26). The molecule has 0 bridgehead atoms. The van der Waals surface area contributed by atoms with Crippen molar-refractivity contribution in [3.8, 4) is 5.88 Å². The molecule has 0 spiro atoms. The van der Waals surface area contributed by atoms with Gasteiger partial charge >= 0.3 is 0 Å². The minimum absolute atomic E-state index is 0.0633. The van der Waals surface area contributed by atoms with Gasteiger partial charge in [-0.2, -0.15) is 0 Å². The van der Waals surface area contributed by atoms with Crippen LogP contribution in [0.15, 0.2) is 40.4 Å². The predicted octanol–water partition coefficient (Wildman–Crippen LogP) is 2.87. The summed E-state index contributed by atoms with van der Waals surface area (Å²) >= 11 is 5.01. The molecule has 0 saturated carbocycles. The van der Waals surface area contributed by atoms with Crippen LogP contribution in [0, 0.1) is 14.9 Å². The highest BCUT2D eigenvalue weighted by Crippen LogP contribution is 2.44. The van der Waals surface area contributed by atoms with Crippen molar-refractivity contribution in [3.63, 3.8) is 0 Å². The van der Waals surface area contributed by atoms with Crippen molar-refractivity contribution in [1.82, 2.24) is 9.97 Å². The molecule has 1 aliphatic carbocycles. The third kappa shape index (κ3) is 2.57. The van der Waals surface area contributed by atoms with Crippen LogP contribution in [0.2, 0.25) is 0 Å². The maximum absolute atomic E-state index is 12.6. The number of H-pyrrole nitrogens is 2. The molecule has 0 fully saturated rings. The number of nitro benzene ring substituents is 1. The number of hydrogen-bond donors (Lipinski definition) is 2. The van der Waals surface area contributed by atoms with Gasteiger partial charge in [0.05, 0.1) is 16.4 Å². The van der Waals surface area contributed by atoms with Gasteiger partial charge in [0.1, 0.15) is 5.76 Å². The van der Waals surface area contributed by atoms with Gasteiger partial charge in [-0.15, -0.1) is 0 Å². The number of nitrogens with one attached hydrogen (secondary N) is 2. The van der Waals surface area contributed by atoms with Crippen LogP contribution < -0.4 is 10.3 Å². The zero-order valence-electron chi connectivity index (χ0n) is 13.4. The van der Waals surface area contributed by atoms with Crippen LogP contribution in [0.3, 0.4) is 0 Å². The average molecular weight is 371 g/mol. The van der Waals surface area contributed by atoms with E-state index in [1.165, 1.54) is 12.1 Å². The fraction of sp³-hybridized carbons (Fsp3) is 0.235. The first-order valence-corrected chi connectivity index (χ1v) is 8.41. The lowest BCUT2D eigenvalue weighted by molar-refractivity contribution is -0.384. The maximum atomic E-state index is 12.6. The SMILES string of the molecule is O=C1CCCC2=C1C(c1ccc([N+](=O)[O-])cc1)c1c([nH]c(=S)[nH]c1=O)O2. The zero-order valence-corrected chi connectivity index (χ0v) is 14.2. The highest BCUT2D eigenvalue weighted by Gasteiger charge is 2.39. The molecule has 2 aliphatic rings. The summed E-state index contributed by atoms with van der Waals surface area (Å²) < 4.78 is 5.92. The third-order valence-electron chi connectivity index (χ3n) is 4.59. The summed E-state index contributed by atoms with van der Waals surface area (Å²) in [6.45, 7) is 0. The molecule has 132 valence electrons. The van der Waals surface area contributed by atoms with E-state index in [0.29, 0.717) is 36.2 Å². The molecule has 1 unspecified atom stereocenters. The van der Waals surface area contributed by atoms with Gasteiger partial charge < -0.3 is 9.72 Å². The fourth-order valence-corrected chi connectivity index (χ4v) is 3.66. The predicted molar refractivity (Wildman–Crippen MR) is 93.7 cm³/mol. The van der Waals surface area contributed by atoms with Crippen LogP contribution in [0.25, 0.3) is 0 Å². The second-order valence-corrected chi connectivity index (χ2v) is 6.56. The van der Waals surface area contributed by atoms with E-state index in [0.717, 1.165) is 0 Å². The molecule has 0 saturated heterocycles. The number of Topliss-reactive ketones (excluding diaryl/α,β-unsaturated/α-hetero) is 1. The maximum Gasteiger partial charge on any atom is 0.269 e. The molecule has 1 aromatic heterocycles. The first-order valence-electron chi connectivity index (χ1n) is 8.00. The topological polar surface area (TPSA) is 118 Å². The van der Waals surface area contributed by atoms with Gasteiger partial charge in [-0.3, -0.25) is 24.7 Å². The largest absolute Gasteiger partial charge is 0.444 e. The van der Waals surface area contributed by atoms with Gasteiger partial charge in [0, 0.05) is 30.5 Å². The van der Waals surface area contributed by atoms with E-state index < -0.39 is 16.4 Å². The van der Waals surface area contributed by atoms with Gasteiger partial charge in [0.25, 0.3) is 11.2 Å². The number of aromatic amines is 2. The van der Waals surface area contributed by atoms with E-state index in [2.05, 4.69) is 9.97 Å².